The number of benzene rings is 1. The molecule has 1 fully saturated rings. The molecule has 0 aliphatic carbocycles. The van der Waals surface area contributed by atoms with Crippen molar-refractivity contribution in [1.82, 2.24) is 9.88 Å². The SMILES string of the molecule is Cc1cc(CN2CC[C@H](N)C2)c2ccccc2n1.Cl.Cl. The van der Waals surface area contributed by atoms with Crippen molar-refractivity contribution in [1.29, 1.82) is 0 Å². The molecule has 0 unspecified atom stereocenters. The van der Waals surface area contributed by atoms with Crippen molar-refractivity contribution >= 4 is 35.7 Å². The fraction of sp³-hybridized carbons (Fsp3) is 0.400. The summed E-state index contributed by atoms with van der Waals surface area (Å²) in [5.41, 5.74) is 9.52. The summed E-state index contributed by atoms with van der Waals surface area (Å²) in [6.45, 7) is 5.16. The molecule has 3 nitrogen and oxygen atoms in total. The van der Waals surface area contributed by atoms with E-state index in [1.165, 1.54) is 10.9 Å². The molecule has 2 N–H and O–H groups in total. The maximum atomic E-state index is 5.97. The van der Waals surface area contributed by atoms with Crippen LogP contribution in [0.15, 0.2) is 30.3 Å². The topological polar surface area (TPSA) is 42.1 Å². The molecule has 1 atom stereocenters. The number of halogens is 2. The molecule has 110 valence electrons. The highest BCUT2D eigenvalue weighted by atomic mass is 35.5. The van der Waals surface area contributed by atoms with Gasteiger partial charge in [-0.05, 0) is 31.0 Å². The van der Waals surface area contributed by atoms with Gasteiger partial charge in [0.1, 0.15) is 0 Å². The first-order valence-corrected chi connectivity index (χ1v) is 6.55. The van der Waals surface area contributed by atoms with Crippen LogP contribution in [0.2, 0.25) is 0 Å². The maximum Gasteiger partial charge on any atom is 0.0708 e. The molecule has 0 saturated carbocycles. The average Bonchev–Trinajstić information content (AvgIpc) is 2.74. The van der Waals surface area contributed by atoms with Crippen LogP contribution in [0.4, 0.5) is 0 Å². The molecule has 0 amide bonds. The monoisotopic (exact) mass is 313 g/mol. The lowest BCUT2D eigenvalue weighted by atomic mass is 10.1. The summed E-state index contributed by atoms with van der Waals surface area (Å²) in [6.07, 6.45) is 1.11. The van der Waals surface area contributed by atoms with Gasteiger partial charge in [-0.15, -0.1) is 24.8 Å². The van der Waals surface area contributed by atoms with Crippen molar-refractivity contribution in [2.45, 2.75) is 25.9 Å². The average molecular weight is 314 g/mol. The second-order valence-corrected chi connectivity index (χ2v) is 5.22. The van der Waals surface area contributed by atoms with Crippen molar-refractivity contribution in [3.8, 4) is 0 Å². The number of hydrogen-bond acceptors (Lipinski definition) is 3. The van der Waals surface area contributed by atoms with Crippen molar-refractivity contribution in [3.05, 3.63) is 41.6 Å². The molecule has 0 bridgehead atoms. The first-order chi connectivity index (χ1) is 8.72. The molecule has 0 radical (unpaired) electrons. The van der Waals surface area contributed by atoms with Gasteiger partial charge < -0.3 is 5.73 Å². The molecule has 2 heterocycles. The summed E-state index contributed by atoms with van der Waals surface area (Å²) in [5.74, 6) is 0. The molecule has 2 aromatic rings. The number of nitrogens with zero attached hydrogens (tertiary/aromatic N) is 2. The number of para-hydroxylation sites is 1. The number of hydrogen-bond donors (Lipinski definition) is 1. The Kier molecular flexibility index (Phi) is 6.21. The first kappa shape index (κ1) is 17.2. The number of rotatable bonds is 2. The summed E-state index contributed by atoms with van der Waals surface area (Å²) in [7, 11) is 0. The summed E-state index contributed by atoms with van der Waals surface area (Å²) in [4.78, 5) is 7.02. The van der Waals surface area contributed by atoms with Gasteiger partial charge in [0.05, 0.1) is 5.52 Å². The van der Waals surface area contributed by atoms with Gasteiger partial charge >= 0.3 is 0 Å². The standard InChI is InChI=1S/C15H19N3.2ClH/c1-11-8-12(9-18-7-6-13(16)10-18)14-4-2-3-5-15(14)17-11;;/h2-5,8,13H,6-7,9-10,16H2,1H3;2*1H/t13-;;/m0../s1. The summed E-state index contributed by atoms with van der Waals surface area (Å²) >= 11 is 0. The lowest BCUT2D eigenvalue weighted by molar-refractivity contribution is 0.328. The van der Waals surface area contributed by atoms with E-state index in [0.717, 1.165) is 37.3 Å². The molecule has 1 aromatic heterocycles. The van der Waals surface area contributed by atoms with Crippen molar-refractivity contribution in [2.75, 3.05) is 13.1 Å². The smallest absolute Gasteiger partial charge is 0.0708 e. The number of likely N-dealkylation sites (tertiary alicyclic amines) is 1. The second kappa shape index (κ2) is 7.23. The van der Waals surface area contributed by atoms with Gasteiger partial charge in [0.15, 0.2) is 0 Å². The third-order valence-corrected chi connectivity index (χ3v) is 3.63. The fourth-order valence-electron chi connectivity index (χ4n) is 2.77. The molecule has 1 saturated heterocycles. The Bertz CT molecular complexity index is 574. The van der Waals surface area contributed by atoms with Gasteiger partial charge in [-0.25, -0.2) is 0 Å². The molecule has 3 rings (SSSR count). The van der Waals surface area contributed by atoms with Crippen LogP contribution in [0.5, 0.6) is 0 Å². The molecular weight excluding hydrogens is 293 g/mol. The maximum absolute atomic E-state index is 5.97. The van der Waals surface area contributed by atoms with Gasteiger partial charge in [-0.3, -0.25) is 9.88 Å². The number of fused-ring (bicyclic) bond motifs is 1. The molecule has 0 spiro atoms. The quantitative estimate of drug-likeness (QED) is 0.927. The fourth-order valence-corrected chi connectivity index (χ4v) is 2.77. The number of pyridine rings is 1. The first-order valence-electron chi connectivity index (χ1n) is 6.55. The van der Waals surface area contributed by atoms with Crippen LogP contribution in [0.1, 0.15) is 17.7 Å². The van der Waals surface area contributed by atoms with Crippen LogP contribution in [0, 0.1) is 6.92 Å². The van der Waals surface area contributed by atoms with E-state index in [9.17, 15) is 0 Å². The Morgan fingerprint density at radius 2 is 2.05 bits per heavy atom. The van der Waals surface area contributed by atoms with Gasteiger partial charge in [0.2, 0.25) is 0 Å². The molecule has 5 heteroatoms. The highest BCUT2D eigenvalue weighted by Gasteiger charge is 2.19. The zero-order valence-corrected chi connectivity index (χ0v) is 13.2. The predicted octanol–water partition coefficient (Wildman–Crippen LogP) is 2.92. The lowest BCUT2D eigenvalue weighted by Gasteiger charge is -2.17. The minimum atomic E-state index is 0. The Balaban J connectivity index is 0.000001000. The van der Waals surface area contributed by atoms with Crippen LogP contribution >= 0.6 is 24.8 Å². The lowest BCUT2D eigenvalue weighted by Crippen LogP contribution is -2.26. The molecule has 1 aliphatic rings. The molecule has 1 aromatic carbocycles. The van der Waals surface area contributed by atoms with Crippen LogP contribution < -0.4 is 5.73 Å². The zero-order valence-electron chi connectivity index (χ0n) is 11.6. The zero-order chi connectivity index (χ0) is 12.5. The minimum Gasteiger partial charge on any atom is -0.326 e. The van der Waals surface area contributed by atoms with Crippen LogP contribution in [0.3, 0.4) is 0 Å². The van der Waals surface area contributed by atoms with Crippen molar-refractivity contribution < 1.29 is 0 Å². The van der Waals surface area contributed by atoms with E-state index < -0.39 is 0 Å². The van der Waals surface area contributed by atoms with Crippen molar-refractivity contribution in [2.24, 2.45) is 5.73 Å². The second-order valence-electron chi connectivity index (χ2n) is 5.22. The molecule has 1 aliphatic heterocycles. The van der Waals surface area contributed by atoms with Gasteiger partial charge in [0, 0.05) is 36.8 Å². The van der Waals surface area contributed by atoms with Gasteiger partial charge in [-0.1, -0.05) is 18.2 Å². The normalized spacial score (nSPS) is 18.6. The summed E-state index contributed by atoms with van der Waals surface area (Å²) in [6, 6.07) is 10.9. The Hall–Kier alpha value is -0.870. The highest BCUT2D eigenvalue weighted by Crippen LogP contribution is 2.21. The van der Waals surface area contributed by atoms with Gasteiger partial charge in [0.25, 0.3) is 0 Å². The molecular formula is C15H21Cl2N3. The molecule has 20 heavy (non-hydrogen) atoms. The van der Waals surface area contributed by atoms with Crippen LogP contribution in [-0.2, 0) is 6.54 Å². The number of aromatic nitrogens is 1. The highest BCUT2D eigenvalue weighted by molar-refractivity contribution is 5.85. The van der Waals surface area contributed by atoms with Crippen molar-refractivity contribution in [3.63, 3.8) is 0 Å². The summed E-state index contributed by atoms with van der Waals surface area (Å²) in [5, 5.41) is 1.27. The van der Waals surface area contributed by atoms with E-state index >= 15 is 0 Å². The predicted molar refractivity (Wildman–Crippen MR) is 88.8 cm³/mol. The third-order valence-electron chi connectivity index (χ3n) is 3.63. The third kappa shape index (κ3) is 3.61. The van der Waals surface area contributed by atoms with E-state index in [-0.39, 0.29) is 24.8 Å². The Morgan fingerprint density at radius 3 is 2.75 bits per heavy atom. The summed E-state index contributed by atoms with van der Waals surface area (Å²) < 4.78 is 0. The Morgan fingerprint density at radius 1 is 1.30 bits per heavy atom. The van der Waals surface area contributed by atoms with Crippen LogP contribution in [0.25, 0.3) is 10.9 Å². The van der Waals surface area contributed by atoms with Crippen LogP contribution in [-0.4, -0.2) is 29.0 Å². The van der Waals surface area contributed by atoms with E-state index in [4.69, 9.17) is 5.73 Å². The Labute approximate surface area is 132 Å². The minimum absolute atomic E-state index is 0. The van der Waals surface area contributed by atoms with E-state index in [1.807, 2.05) is 6.07 Å². The van der Waals surface area contributed by atoms with E-state index in [1.54, 1.807) is 0 Å². The largest absolute Gasteiger partial charge is 0.326 e. The number of aryl methyl sites for hydroxylation is 1. The van der Waals surface area contributed by atoms with E-state index in [2.05, 4.69) is 41.1 Å². The van der Waals surface area contributed by atoms with Gasteiger partial charge in [-0.2, -0.15) is 0 Å². The van der Waals surface area contributed by atoms with E-state index in [0.29, 0.717) is 6.04 Å². The number of nitrogens with two attached hydrogens (primary N) is 1.